The summed E-state index contributed by atoms with van der Waals surface area (Å²) in [5.74, 6) is 0. The average molecular weight is 278 g/mol. The lowest BCUT2D eigenvalue weighted by Crippen LogP contribution is -2.56. The van der Waals surface area contributed by atoms with Gasteiger partial charge in [0.15, 0.2) is 0 Å². The zero-order valence-corrected chi connectivity index (χ0v) is 12.6. The predicted octanol–water partition coefficient (Wildman–Crippen LogP) is 2.19. The van der Waals surface area contributed by atoms with Gasteiger partial charge in [-0.2, -0.15) is 0 Å². The van der Waals surface area contributed by atoms with Crippen molar-refractivity contribution in [3.63, 3.8) is 0 Å². The number of methoxy groups -OCH3 is 1. The first-order valence-corrected chi connectivity index (χ1v) is 7.57. The van der Waals surface area contributed by atoms with Crippen molar-refractivity contribution in [2.45, 2.75) is 44.2 Å². The van der Waals surface area contributed by atoms with E-state index in [9.17, 15) is 0 Å². The van der Waals surface area contributed by atoms with Gasteiger partial charge in [-0.3, -0.25) is 4.98 Å². The van der Waals surface area contributed by atoms with Gasteiger partial charge in [0.2, 0.25) is 0 Å². The number of nitrogens with zero attached hydrogens (tertiary/aromatic N) is 1. The summed E-state index contributed by atoms with van der Waals surface area (Å²) in [6.07, 6.45) is 5.76. The normalized spacial score (nSPS) is 19.7. The maximum atomic E-state index is 5.94. The zero-order valence-electron chi connectivity index (χ0n) is 12.6. The Morgan fingerprint density at radius 1 is 1.40 bits per heavy atom. The molecule has 1 unspecified atom stereocenters. The van der Waals surface area contributed by atoms with Gasteiger partial charge < -0.3 is 14.8 Å². The van der Waals surface area contributed by atoms with Gasteiger partial charge in [0, 0.05) is 57.5 Å². The average Bonchev–Trinajstić information content (AvgIpc) is 2.53. The van der Waals surface area contributed by atoms with E-state index >= 15 is 0 Å². The van der Waals surface area contributed by atoms with E-state index < -0.39 is 0 Å². The highest BCUT2D eigenvalue weighted by atomic mass is 16.5. The molecule has 2 rings (SSSR count). The smallest absolute Gasteiger partial charge is 0.0878 e. The van der Waals surface area contributed by atoms with E-state index in [1.165, 1.54) is 0 Å². The number of rotatable bonds is 7. The van der Waals surface area contributed by atoms with Crippen LogP contribution in [0.25, 0.3) is 0 Å². The largest absolute Gasteiger partial charge is 0.381 e. The molecule has 20 heavy (non-hydrogen) atoms. The summed E-state index contributed by atoms with van der Waals surface area (Å²) in [5, 5.41) is 3.66. The highest BCUT2D eigenvalue weighted by molar-refractivity contribution is 5.09. The molecule has 112 valence electrons. The van der Waals surface area contributed by atoms with Gasteiger partial charge in [0.25, 0.3) is 0 Å². The molecule has 4 nitrogen and oxygen atoms in total. The molecule has 1 aromatic heterocycles. The second-order valence-corrected chi connectivity index (χ2v) is 5.41. The van der Waals surface area contributed by atoms with Crippen LogP contribution in [0.4, 0.5) is 0 Å². The molecule has 1 atom stereocenters. The zero-order chi connectivity index (χ0) is 14.3. The Labute approximate surface area is 121 Å². The van der Waals surface area contributed by atoms with Gasteiger partial charge in [-0.15, -0.1) is 0 Å². The Kier molecular flexibility index (Phi) is 5.95. The first kappa shape index (κ1) is 15.4. The van der Waals surface area contributed by atoms with E-state index in [0.29, 0.717) is 0 Å². The summed E-state index contributed by atoms with van der Waals surface area (Å²) >= 11 is 0. The minimum Gasteiger partial charge on any atom is -0.381 e. The van der Waals surface area contributed by atoms with Crippen LogP contribution in [0.3, 0.4) is 0 Å². The molecule has 0 bridgehead atoms. The summed E-state index contributed by atoms with van der Waals surface area (Å²) in [4.78, 5) is 4.46. The molecule has 1 fully saturated rings. The van der Waals surface area contributed by atoms with E-state index in [0.717, 1.165) is 51.1 Å². The van der Waals surface area contributed by atoms with Gasteiger partial charge in [-0.05, 0) is 25.1 Å². The second-order valence-electron chi connectivity index (χ2n) is 5.41. The molecule has 1 saturated heterocycles. The molecule has 0 saturated carbocycles. The molecule has 0 radical (unpaired) electrons. The van der Waals surface area contributed by atoms with E-state index in [-0.39, 0.29) is 11.6 Å². The minimum atomic E-state index is -0.134. The molecule has 1 N–H and O–H groups in total. The molecular formula is C16H26N2O2. The third kappa shape index (κ3) is 3.78. The van der Waals surface area contributed by atoms with Gasteiger partial charge in [-0.25, -0.2) is 0 Å². The summed E-state index contributed by atoms with van der Waals surface area (Å²) < 4.78 is 11.4. The Morgan fingerprint density at radius 2 is 2.20 bits per heavy atom. The van der Waals surface area contributed by atoms with Gasteiger partial charge in [0.05, 0.1) is 5.60 Å². The van der Waals surface area contributed by atoms with Gasteiger partial charge in [0.1, 0.15) is 0 Å². The van der Waals surface area contributed by atoms with E-state index in [1.807, 2.05) is 25.4 Å². The van der Waals surface area contributed by atoms with Crippen molar-refractivity contribution in [1.82, 2.24) is 10.3 Å². The Morgan fingerprint density at radius 3 is 2.80 bits per heavy atom. The Hall–Kier alpha value is -0.970. The fourth-order valence-corrected chi connectivity index (χ4v) is 2.90. The quantitative estimate of drug-likeness (QED) is 0.830. The number of nitrogens with one attached hydrogen (secondary N) is 1. The van der Waals surface area contributed by atoms with Gasteiger partial charge >= 0.3 is 0 Å². The molecule has 0 spiro atoms. The lowest BCUT2D eigenvalue weighted by molar-refractivity contribution is -0.110. The third-order valence-electron chi connectivity index (χ3n) is 4.16. The van der Waals surface area contributed by atoms with Crippen LogP contribution in [0.2, 0.25) is 0 Å². The van der Waals surface area contributed by atoms with Crippen molar-refractivity contribution in [3.8, 4) is 0 Å². The lowest BCUT2D eigenvalue weighted by atomic mass is 9.83. The van der Waals surface area contributed by atoms with Crippen LogP contribution >= 0.6 is 0 Å². The first-order chi connectivity index (χ1) is 9.80. The fraction of sp³-hybridized carbons (Fsp3) is 0.688. The topological polar surface area (TPSA) is 43.4 Å². The maximum absolute atomic E-state index is 5.94. The second kappa shape index (κ2) is 7.72. The van der Waals surface area contributed by atoms with Crippen LogP contribution in [-0.2, 0) is 15.9 Å². The van der Waals surface area contributed by atoms with Crippen LogP contribution in [0, 0.1) is 0 Å². The summed E-state index contributed by atoms with van der Waals surface area (Å²) in [6.45, 7) is 4.75. The number of hydrogen-bond acceptors (Lipinski definition) is 4. The van der Waals surface area contributed by atoms with Crippen molar-refractivity contribution in [1.29, 1.82) is 0 Å². The van der Waals surface area contributed by atoms with Crippen LogP contribution in [-0.4, -0.2) is 43.5 Å². The molecule has 1 aliphatic heterocycles. The first-order valence-electron chi connectivity index (χ1n) is 7.57. The number of ether oxygens (including phenoxy) is 2. The molecule has 0 amide bonds. The molecule has 4 heteroatoms. The molecule has 2 heterocycles. The van der Waals surface area contributed by atoms with Crippen LogP contribution in [0.5, 0.6) is 0 Å². The van der Waals surface area contributed by atoms with Crippen molar-refractivity contribution in [2.24, 2.45) is 0 Å². The molecule has 1 aliphatic rings. The highest BCUT2D eigenvalue weighted by Crippen LogP contribution is 2.30. The van der Waals surface area contributed by atoms with Crippen LogP contribution in [0.15, 0.2) is 24.4 Å². The van der Waals surface area contributed by atoms with Crippen LogP contribution < -0.4 is 5.32 Å². The molecule has 0 aromatic carbocycles. The van der Waals surface area contributed by atoms with Crippen molar-refractivity contribution >= 4 is 0 Å². The van der Waals surface area contributed by atoms with E-state index in [4.69, 9.17) is 9.47 Å². The van der Waals surface area contributed by atoms with Crippen LogP contribution in [0.1, 0.15) is 31.9 Å². The lowest BCUT2D eigenvalue weighted by Gasteiger charge is -2.42. The fourth-order valence-electron chi connectivity index (χ4n) is 2.90. The van der Waals surface area contributed by atoms with Crippen molar-refractivity contribution in [3.05, 3.63) is 30.1 Å². The van der Waals surface area contributed by atoms with Gasteiger partial charge in [-0.1, -0.05) is 13.0 Å². The number of aromatic nitrogens is 1. The maximum Gasteiger partial charge on any atom is 0.0878 e. The molecule has 0 aliphatic carbocycles. The summed E-state index contributed by atoms with van der Waals surface area (Å²) in [5.41, 5.74) is 0.981. The highest BCUT2D eigenvalue weighted by Gasteiger charge is 2.40. The number of hydrogen-bond donors (Lipinski definition) is 1. The van der Waals surface area contributed by atoms with E-state index in [2.05, 4.69) is 23.3 Å². The Balaban J connectivity index is 2.12. The Bertz CT molecular complexity index is 377. The SMILES string of the molecule is CCCNC(Cc1ccccn1)C1(OC)CCOCC1. The third-order valence-corrected chi connectivity index (χ3v) is 4.16. The number of pyridine rings is 1. The van der Waals surface area contributed by atoms with Crippen molar-refractivity contribution < 1.29 is 9.47 Å². The molecular weight excluding hydrogens is 252 g/mol. The minimum absolute atomic E-state index is 0.134. The monoisotopic (exact) mass is 278 g/mol. The predicted molar refractivity (Wildman–Crippen MR) is 79.8 cm³/mol. The summed E-state index contributed by atoms with van der Waals surface area (Å²) in [7, 11) is 1.82. The standard InChI is InChI=1S/C16H26N2O2/c1-3-9-18-15(13-14-6-4-5-10-17-14)16(19-2)7-11-20-12-8-16/h4-6,10,15,18H,3,7-9,11-13H2,1-2H3. The molecule has 1 aromatic rings. The summed E-state index contributed by atoms with van der Waals surface area (Å²) in [6, 6.07) is 6.37. The van der Waals surface area contributed by atoms with Crippen molar-refractivity contribution in [2.75, 3.05) is 26.9 Å². The van der Waals surface area contributed by atoms with E-state index in [1.54, 1.807) is 0 Å².